The number of hydrogen-bond acceptors (Lipinski definition) is 7. The summed E-state index contributed by atoms with van der Waals surface area (Å²) < 4.78 is 2.72. The normalized spacial score (nSPS) is 15.2. The fourth-order valence-electron chi connectivity index (χ4n) is 2.49. The van der Waals surface area contributed by atoms with Crippen molar-refractivity contribution in [2.45, 2.75) is 65.1 Å². The van der Waals surface area contributed by atoms with Gasteiger partial charge >= 0.3 is 190 Å². The Kier molecular flexibility index (Phi) is 15.0. The summed E-state index contributed by atoms with van der Waals surface area (Å²) in [7, 11) is 0. The molecule has 0 saturated heterocycles. The van der Waals surface area contributed by atoms with Gasteiger partial charge in [-0.15, -0.1) is 0 Å². The van der Waals surface area contributed by atoms with Gasteiger partial charge in [0.1, 0.15) is 0 Å². The molecule has 0 fully saturated rings. The molecule has 0 spiro atoms. The molecule has 0 saturated carbocycles. The van der Waals surface area contributed by atoms with Crippen molar-refractivity contribution in [3.8, 4) is 0 Å². The van der Waals surface area contributed by atoms with Crippen molar-refractivity contribution in [3.63, 3.8) is 0 Å². The van der Waals surface area contributed by atoms with Gasteiger partial charge in [0.2, 0.25) is 0 Å². The molecule has 0 aliphatic heterocycles. The number of carboxylic acids is 1. The van der Waals surface area contributed by atoms with Crippen LogP contribution >= 0.6 is 11.8 Å². The van der Waals surface area contributed by atoms with Crippen molar-refractivity contribution in [2.24, 2.45) is 17.6 Å². The van der Waals surface area contributed by atoms with Gasteiger partial charge in [-0.05, 0) is 0 Å². The Morgan fingerprint density at radius 1 is 1.13 bits per heavy atom. The molecule has 0 aliphatic rings. The van der Waals surface area contributed by atoms with Gasteiger partial charge in [0, 0.05) is 0 Å². The van der Waals surface area contributed by atoms with Gasteiger partial charge in [-0.3, -0.25) is 0 Å². The maximum absolute atomic E-state index is 12.6. The summed E-state index contributed by atoms with van der Waals surface area (Å²) in [6, 6.07) is -2.32. The van der Waals surface area contributed by atoms with Crippen molar-refractivity contribution in [1.29, 1.82) is 0 Å². The number of aliphatic carboxylic acids is 1. The minimum atomic E-state index is -1.08. The Labute approximate surface area is 189 Å². The number of rotatable bonds is 16. The molecule has 6 N–H and O–H groups in total. The van der Waals surface area contributed by atoms with Crippen LogP contribution in [0.2, 0.25) is 0 Å². The van der Waals surface area contributed by atoms with Crippen molar-refractivity contribution < 1.29 is 24.3 Å². The van der Waals surface area contributed by atoms with E-state index in [1.165, 1.54) is 0 Å². The molecule has 0 aromatic carbocycles. The monoisotopic (exact) mass is 512 g/mol. The molecule has 4 atom stereocenters. The summed E-state index contributed by atoms with van der Waals surface area (Å²) >= 11 is 0.809. The van der Waals surface area contributed by atoms with Gasteiger partial charge < -0.3 is 0 Å². The van der Waals surface area contributed by atoms with E-state index in [2.05, 4.69) is 15.0 Å². The number of thioether (sulfide) groups is 1. The van der Waals surface area contributed by atoms with Crippen LogP contribution in [0.5, 0.6) is 0 Å². The van der Waals surface area contributed by atoms with E-state index in [1.807, 2.05) is 27.0 Å². The van der Waals surface area contributed by atoms with Crippen LogP contribution in [0.15, 0.2) is 0 Å². The summed E-state index contributed by atoms with van der Waals surface area (Å²) in [5.41, 5.74) is 5.79. The number of amides is 2. The van der Waals surface area contributed by atoms with E-state index >= 15 is 0 Å². The first-order valence-electron chi connectivity index (χ1n) is 10.0. The number of carbonyl (C=O) groups is 4. The van der Waals surface area contributed by atoms with Crippen molar-refractivity contribution in [3.05, 3.63) is 0 Å². The van der Waals surface area contributed by atoms with E-state index in [0.29, 0.717) is 25.0 Å². The molecule has 0 bridgehead atoms. The second-order valence-corrected chi connectivity index (χ2v) is 10.5. The average molecular weight is 512 g/mol. The predicted octanol–water partition coefficient (Wildman–Crippen LogP) is -0.0514. The predicted molar refractivity (Wildman–Crippen MR) is 120 cm³/mol. The number of carboxylic acid groups (broad SMARTS) is 1. The molecular formula is C19H36N4O5SSe. The molecule has 9 nitrogen and oxygen atoms in total. The van der Waals surface area contributed by atoms with E-state index < -0.39 is 45.2 Å². The van der Waals surface area contributed by atoms with E-state index in [0.717, 1.165) is 0 Å². The summed E-state index contributed by atoms with van der Waals surface area (Å²) in [4.78, 5) is 48.2. The zero-order valence-corrected chi connectivity index (χ0v) is 20.9. The fraction of sp³-hybridized carbons (Fsp3) is 0.789. The third-order valence-corrected chi connectivity index (χ3v) is 6.76. The Hall–Kier alpha value is -1.13. The quantitative estimate of drug-likeness (QED) is 0.181. The molecule has 0 aromatic heterocycles. The summed E-state index contributed by atoms with van der Waals surface area (Å²) in [6.45, 7) is 7.39. The van der Waals surface area contributed by atoms with Gasteiger partial charge in [-0.25, -0.2) is 0 Å². The van der Waals surface area contributed by atoms with Crippen LogP contribution in [0.25, 0.3) is 0 Å². The fourth-order valence-corrected chi connectivity index (χ4v) is 4.31. The molecule has 0 radical (unpaired) electrons. The molecular weight excluding hydrogens is 475 g/mol. The van der Waals surface area contributed by atoms with Gasteiger partial charge in [0.05, 0.1) is 0 Å². The second kappa shape index (κ2) is 15.6. The third kappa shape index (κ3) is 11.9. The number of nitrogens with two attached hydrogens (primary N) is 1. The van der Waals surface area contributed by atoms with Crippen LogP contribution in [0.3, 0.4) is 0 Å². The van der Waals surface area contributed by atoms with E-state index in [4.69, 9.17) is 5.73 Å². The van der Waals surface area contributed by atoms with Crippen LogP contribution in [0.1, 0.15) is 47.0 Å². The summed E-state index contributed by atoms with van der Waals surface area (Å²) in [5, 5.41) is 14.5. The summed E-state index contributed by atoms with van der Waals surface area (Å²) in [5.74, 6) is -1.16. The second-order valence-electron chi connectivity index (χ2n) is 7.59. The molecule has 0 aliphatic carbocycles. The van der Waals surface area contributed by atoms with Crippen LogP contribution in [0, 0.1) is 11.8 Å². The molecule has 0 rings (SSSR count). The maximum atomic E-state index is 12.6. The summed E-state index contributed by atoms with van der Waals surface area (Å²) in [6.07, 6.45) is 3.50. The molecule has 0 heterocycles. The number of hydrogen-bond donors (Lipinski definition) is 5. The third-order valence-electron chi connectivity index (χ3n) is 4.49. The SMILES string of the molecule is CC[C@H](C)[C@H](NC(=O)[C@H](CCSC)N[Se]C(=O)CNC(=O)[C@@H](N)CC(C)C)C(=O)O. The van der Waals surface area contributed by atoms with Crippen molar-refractivity contribution in [2.75, 3.05) is 18.6 Å². The molecule has 11 heteroatoms. The Morgan fingerprint density at radius 3 is 2.27 bits per heavy atom. The Bertz CT molecular complexity index is 579. The average Bonchev–Trinajstić information content (AvgIpc) is 2.68. The molecule has 30 heavy (non-hydrogen) atoms. The van der Waals surface area contributed by atoms with Crippen LogP contribution < -0.4 is 20.7 Å². The zero-order chi connectivity index (χ0) is 23.3. The van der Waals surface area contributed by atoms with Gasteiger partial charge in [0.15, 0.2) is 0 Å². The molecule has 2 amide bonds. The Morgan fingerprint density at radius 2 is 1.77 bits per heavy atom. The van der Waals surface area contributed by atoms with Crippen molar-refractivity contribution >= 4 is 49.4 Å². The van der Waals surface area contributed by atoms with Crippen LogP contribution in [-0.4, -0.2) is 79.4 Å². The zero-order valence-electron chi connectivity index (χ0n) is 18.4. The van der Waals surface area contributed by atoms with E-state index in [1.54, 1.807) is 18.7 Å². The van der Waals surface area contributed by atoms with E-state index in [-0.39, 0.29) is 29.0 Å². The number of carbonyl (C=O) groups excluding carboxylic acids is 3. The topological polar surface area (TPSA) is 151 Å². The minimum absolute atomic E-state index is 0.154. The van der Waals surface area contributed by atoms with Gasteiger partial charge in [-0.1, -0.05) is 0 Å². The number of nitrogens with one attached hydrogen (secondary N) is 3. The van der Waals surface area contributed by atoms with Gasteiger partial charge in [-0.2, -0.15) is 0 Å². The molecule has 174 valence electrons. The molecule has 0 aromatic rings. The molecule has 0 unspecified atom stereocenters. The van der Waals surface area contributed by atoms with Crippen molar-refractivity contribution in [1.82, 2.24) is 15.0 Å². The van der Waals surface area contributed by atoms with E-state index in [9.17, 15) is 24.3 Å². The standard InChI is InChI=1S/C19H36N4O5SSe/c1-6-12(4)16(19(27)28)22-18(26)14(7-8-29-5)23-30-15(24)10-21-17(25)13(20)9-11(2)3/h11-14,16,23H,6-10,20H2,1-5H3,(H,21,25)(H,22,26)(H,27,28)/t12-,13-,14-,16-/m0/s1. The van der Waals surface area contributed by atoms with Crippen LogP contribution in [-0.2, 0) is 19.2 Å². The Balaban J connectivity index is 4.74. The first-order chi connectivity index (χ1) is 14.0. The van der Waals surface area contributed by atoms with Crippen LogP contribution in [0.4, 0.5) is 0 Å². The first kappa shape index (κ1) is 28.9. The first-order valence-corrected chi connectivity index (χ1v) is 13.1. The van der Waals surface area contributed by atoms with Gasteiger partial charge in [0.25, 0.3) is 0 Å².